The van der Waals surface area contributed by atoms with Crippen molar-refractivity contribution in [1.82, 2.24) is 10.2 Å². The van der Waals surface area contributed by atoms with Crippen LogP contribution in [-0.2, 0) is 19.2 Å². The summed E-state index contributed by atoms with van der Waals surface area (Å²) >= 11 is 0. The second kappa shape index (κ2) is 14.2. The maximum Gasteiger partial charge on any atom is 0.287 e. The van der Waals surface area contributed by atoms with Gasteiger partial charge in [-0.15, -0.1) is 0 Å². The lowest BCUT2D eigenvalue weighted by atomic mass is 9.86. The molecule has 3 amide bonds. The summed E-state index contributed by atoms with van der Waals surface area (Å²) < 4.78 is 29.4. The van der Waals surface area contributed by atoms with Gasteiger partial charge in [-0.3, -0.25) is 24.1 Å². The minimum Gasteiger partial charge on any atom is -0.385 e. The van der Waals surface area contributed by atoms with Gasteiger partial charge in [0.15, 0.2) is 11.3 Å². The smallest absolute Gasteiger partial charge is 0.287 e. The van der Waals surface area contributed by atoms with Crippen LogP contribution in [0.4, 0.5) is 8.78 Å². The van der Waals surface area contributed by atoms with Gasteiger partial charge in [-0.2, -0.15) is 0 Å². The fourth-order valence-electron chi connectivity index (χ4n) is 3.89. The van der Waals surface area contributed by atoms with Crippen LogP contribution >= 0.6 is 0 Å². The van der Waals surface area contributed by atoms with E-state index in [1.807, 2.05) is 13.8 Å². The molecule has 0 heterocycles. The predicted octanol–water partition coefficient (Wildman–Crippen LogP) is 2.23. The van der Waals surface area contributed by atoms with E-state index in [1.165, 1.54) is 0 Å². The van der Waals surface area contributed by atoms with Gasteiger partial charge in [0.05, 0.1) is 12.6 Å². The van der Waals surface area contributed by atoms with E-state index >= 15 is 0 Å². The minimum atomic E-state index is -3.85. The summed E-state index contributed by atoms with van der Waals surface area (Å²) in [5, 5.41) is 13.3. The number of aliphatic hydroxyl groups excluding tert-OH is 1. The van der Waals surface area contributed by atoms with Gasteiger partial charge in [0.2, 0.25) is 5.91 Å². The molecule has 0 aliphatic heterocycles. The van der Waals surface area contributed by atoms with E-state index in [2.05, 4.69) is 5.32 Å². The highest BCUT2D eigenvalue weighted by molar-refractivity contribution is 6.15. The molecular weight excluding hydrogens is 486 g/mol. The van der Waals surface area contributed by atoms with E-state index in [0.29, 0.717) is 4.90 Å². The van der Waals surface area contributed by atoms with E-state index in [0.717, 1.165) is 6.92 Å². The van der Waals surface area contributed by atoms with Crippen molar-refractivity contribution in [2.75, 3.05) is 6.54 Å². The Morgan fingerprint density at radius 2 is 1.41 bits per heavy atom. The standard InChI is InChI=1S/C26H48F2N4O5/c1-14(2)10-18(22(35)26(27,28)13-29)32(24(37)25(9,30)19(33)11-15(3)4)23(36)21(17(7)8)31-20(34)12-16(5)6/h14-18,21-22,35H,10-13,29-30H2,1-9H3,(H,31,34). The zero-order chi connectivity index (χ0) is 29.5. The molecule has 0 aromatic heterocycles. The Labute approximate surface area is 220 Å². The van der Waals surface area contributed by atoms with Crippen LogP contribution in [0.5, 0.6) is 0 Å². The first-order valence-corrected chi connectivity index (χ1v) is 13.0. The summed E-state index contributed by atoms with van der Waals surface area (Å²) in [4.78, 5) is 53.7. The lowest BCUT2D eigenvalue weighted by Crippen LogP contribution is -2.68. The summed E-state index contributed by atoms with van der Waals surface area (Å²) in [7, 11) is 0. The highest BCUT2D eigenvalue weighted by atomic mass is 19.3. The second-order valence-corrected chi connectivity index (χ2v) is 11.7. The predicted molar refractivity (Wildman–Crippen MR) is 138 cm³/mol. The molecule has 6 N–H and O–H groups in total. The number of nitrogens with zero attached hydrogens (tertiary/aromatic N) is 1. The van der Waals surface area contributed by atoms with Crippen LogP contribution < -0.4 is 16.8 Å². The number of rotatable bonds is 15. The maximum atomic E-state index is 14.7. The number of ketones is 1. The zero-order valence-electron chi connectivity index (χ0n) is 23.8. The fraction of sp³-hybridized carbons (Fsp3) is 0.846. The molecule has 4 atom stereocenters. The number of nitrogens with two attached hydrogens (primary N) is 2. The quantitative estimate of drug-likeness (QED) is 0.235. The SMILES string of the molecule is CC(C)CC(=O)NC(C(=O)N(C(=O)C(C)(N)C(=O)CC(C)C)C(CC(C)C)C(O)C(F)(F)CN)C(C)C. The highest BCUT2D eigenvalue weighted by Crippen LogP contribution is 2.29. The van der Waals surface area contributed by atoms with E-state index in [1.54, 1.807) is 41.5 Å². The molecule has 0 spiro atoms. The molecule has 9 nitrogen and oxygen atoms in total. The lowest BCUT2D eigenvalue weighted by molar-refractivity contribution is -0.170. The molecule has 0 saturated heterocycles. The molecule has 0 fully saturated rings. The Kier molecular flexibility index (Phi) is 13.5. The summed E-state index contributed by atoms with van der Waals surface area (Å²) in [6.45, 7) is 13.6. The van der Waals surface area contributed by atoms with Gasteiger partial charge in [0.1, 0.15) is 12.1 Å². The molecule has 0 aromatic carbocycles. The van der Waals surface area contributed by atoms with Crippen LogP contribution in [0.2, 0.25) is 0 Å². The van der Waals surface area contributed by atoms with Crippen molar-refractivity contribution in [1.29, 1.82) is 0 Å². The van der Waals surface area contributed by atoms with Crippen LogP contribution in [0.25, 0.3) is 0 Å². The van der Waals surface area contributed by atoms with Crippen LogP contribution in [0, 0.1) is 23.7 Å². The molecule has 4 unspecified atom stereocenters. The van der Waals surface area contributed by atoms with Gasteiger partial charge in [0.25, 0.3) is 17.7 Å². The molecule has 0 rings (SSSR count). The molecule has 216 valence electrons. The number of alkyl halides is 2. The van der Waals surface area contributed by atoms with Crippen molar-refractivity contribution in [2.24, 2.45) is 35.1 Å². The van der Waals surface area contributed by atoms with Gasteiger partial charge >= 0.3 is 0 Å². The number of Topliss-reactive ketones (excluding diaryl/α,β-unsaturated/α-hetero) is 1. The largest absolute Gasteiger partial charge is 0.385 e. The van der Waals surface area contributed by atoms with Gasteiger partial charge in [-0.25, -0.2) is 8.78 Å². The topological polar surface area (TPSA) is 156 Å². The zero-order valence-corrected chi connectivity index (χ0v) is 23.8. The number of hydrogen-bond donors (Lipinski definition) is 4. The Hall–Kier alpha value is -1.98. The Bertz CT molecular complexity index is 800. The van der Waals surface area contributed by atoms with Crippen molar-refractivity contribution in [2.45, 2.75) is 111 Å². The molecule has 0 saturated carbocycles. The summed E-state index contributed by atoms with van der Waals surface area (Å²) in [6, 6.07) is -3.05. The first-order chi connectivity index (χ1) is 16.7. The number of carbonyl (C=O) groups is 4. The van der Waals surface area contributed by atoms with E-state index in [9.17, 15) is 33.1 Å². The monoisotopic (exact) mass is 534 g/mol. The van der Waals surface area contributed by atoms with Crippen molar-refractivity contribution < 1.29 is 33.1 Å². The van der Waals surface area contributed by atoms with E-state index in [-0.39, 0.29) is 37.0 Å². The molecule has 0 aliphatic carbocycles. The Morgan fingerprint density at radius 3 is 1.78 bits per heavy atom. The third kappa shape index (κ3) is 10.0. The first-order valence-electron chi connectivity index (χ1n) is 13.0. The first kappa shape index (κ1) is 35.0. The van der Waals surface area contributed by atoms with E-state index < -0.39 is 65.6 Å². The van der Waals surface area contributed by atoms with Gasteiger partial charge in [-0.1, -0.05) is 55.4 Å². The Balaban J connectivity index is 6.92. The fourth-order valence-corrected chi connectivity index (χ4v) is 3.89. The van der Waals surface area contributed by atoms with Crippen molar-refractivity contribution in [3.8, 4) is 0 Å². The number of carbonyl (C=O) groups excluding carboxylic acids is 4. The van der Waals surface area contributed by atoms with Crippen LogP contribution in [0.3, 0.4) is 0 Å². The van der Waals surface area contributed by atoms with Crippen LogP contribution in [0.1, 0.15) is 81.6 Å². The number of amides is 3. The summed E-state index contributed by atoms with van der Waals surface area (Å²) in [6.07, 6.45) is -2.73. The number of aliphatic hydroxyl groups is 1. The number of nitrogens with one attached hydrogen (secondary N) is 1. The van der Waals surface area contributed by atoms with Gasteiger partial charge < -0.3 is 21.9 Å². The molecule has 0 aromatic rings. The van der Waals surface area contributed by atoms with E-state index in [4.69, 9.17) is 11.5 Å². The molecule has 0 radical (unpaired) electrons. The number of halogens is 2. The number of imide groups is 1. The van der Waals surface area contributed by atoms with Crippen molar-refractivity contribution >= 4 is 23.5 Å². The molecule has 11 heteroatoms. The van der Waals surface area contributed by atoms with Crippen molar-refractivity contribution in [3.05, 3.63) is 0 Å². The van der Waals surface area contributed by atoms with Gasteiger partial charge in [0, 0.05) is 12.8 Å². The lowest BCUT2D eigenvalue weighted by Gasteiger charge is -2.42. The molecule has 0 bridgehead atoms. The highest BCUT2D eigenvalue weighted by Gasteiger charge is 2.52. The van der Waals surface area contributed by atoms with Crippen LogP contribution in [0.15, 0.2) is 0 Å². The molecular formula is C26H48F2N4O5. The third-order valence-corrected chi connectivity index (χ3v) is 6.03. The molecule has 0 aliphatic rings. The van der Waals surface area contributed by atoms with Crippen LogP contribution in [-0.4, -0.2) is 69.7 Å². The minimum absolute atomic E-state index is 0.0274. The molecule has 37 heavy (non-hydrogen) atoms. The van der Waals surface area contributed by atoms with Crippen molar-refractivity contribution in [3.63, 3.8) is 0 Å². The average Bonchev–Trinajstić information content (AvgIpc) is 2.74. The average molecular weight is 535 g/mol. The number of hydrogen-bond acceptors (Lipinski definition) is 7. The Morgan fingerprint density at radius 1 is 0.919 bits per heavy atom. The third-order valence-electron chi connectivity index (χ3n) is 6.03. The summed E-state index contributed by atoms with van der Waals surface area (Å²) in [5.41, 5.74) is 9.13. The normalized spacial score (nSPS) is 16.5. The maximum absolute atomic E-state index is 14.7. The van der Waals surface area contributed by atoms with Gasteiger partial charge in [-0.05, 0) is 37.0 Å². The summed E-state index contributed by atoms with van der Waals surface area (Å²) in [5.74, 6) is -8.33. The second-order valence-electron chi connectivity index (χ2n) is 11.7.